The van der Waals surface area contributed by atoms with Crippen molar-refractivity contribution in [3.63, 3.8) is 0 Å². The Labute approximate surface area is 110 Å². The van der Waals surface area contributed by atoms with Crippen molar-refractivity contribution in [1.29, 1.82) is 0 Å². The first-order valence-electron chi connectivity index (χ1n) is 4.97. The molecule has 0 aromatic heterocycles. The average Bonchev–Trinajstić information content (AvgIpc) is 2.26. The second-order valence-electron chi connectivity index (χ2n) is 3.48. The number of benzene rings is 1. The smallest absolute Gasteiger partial charge is 0.279 e. The van der Waals surface area contributed by atoms with Gasteiger partial charge in [0.15, 0.2) is 0 Å². The van der Waals surface area contributed by atoms with Crippen LogP contribution in [0.2, 0.25) is 0 Å². The Hall–Kier alpha value is -0.630. The number of nitrogens with one attached hydrogen (secondary N) is 1. The molecule has 0 saturated carbocycles. The molecule has 0 aliphatic carbocycles. The third-order valence-corrected chi connectivity index (χ3v) is 4.01. The van der Waals surface area contributed by atoms with Crippen LogP contribution in [0.4, 0.5) is 0 Å². The minimum atomic E-state index is -3.36. The van der Waals surface area contributed by atoms with Crippen molar-refractivity contribution in [3.05, 3.63) is 28.7 Å². The Balaban J connectivity index is 2.32. The molecule has 17 heavy (non-hydrogen) atoms. The number of halogens is 1. The monoisotopic (exact) mass is 322 g/mol. The van der Waals surface area contributed by atoms with Crippen molar-refractivity contribution in [2.75, 3.05) is 27.2 Å². The maximum Gasteiger partial charge on any atom is 0.279 e. The predicted octanol–water partition coefficient (Wildman–Crippen LogP) is 1.22. The molecule has 0 saturated heterocycles. The largest absolute Gasteiger partial charge is 0.492 e. The number of nitrogens with zero attached hydrogens (tertiary/aromatic N) is 1. The summed E-state index contributed by atoms with van der Waals surface area (Å²) >= 11 is 3.32. The summed E-state index contributed by atoms with van der Waals surface area (Å²) in [5, 5.41) is 0. The summed E-state index contributed by atoms with van der Waals surface area (Å²) in [6.45, 7) is 0.519. The second-order valence-corrected chi connectivity index (χ2v) is 6.37. The van der Waals surface area contributed by atoms with Gasteiger partial charge in [0.2, 0.25) is 0 Å². The van der Waals surface area contributed by atoms with E-state index in [1.165, 1.54) is 14.1 Å². The van der Waals surface area contributed by atoms with Crippen LogP contribution in [0.25, 0.3) is 0 Å². The van der Waals surface area contributed by atoms with Crippen LogP contribution in [-0.4, -0.2) is 40.0 Å². The van der Waals surface area contributed by atoms with Crippen LogP contribution in [0.3, 0.4) is 0 Å². The molecule has 96 valence electrons. The van der Waals surface area contributed by atoms with E-state index in [4.69, 9.17) is 4.74 Å². The highest BCUT2D eigenvalue weighted by Crippen LogP contribution is 2.15. The van der Waals surface area contributed by atoms with Gasteiger partial charge in [-0.25, -0.2) is 0 Å². The van der Waals surface area contributed by atoms with Gasteiger partial charge in [-0.05, 0) is 24.3 Å². The molecule has 1 N–H and O–H groups in total. The molecule has 0 bridgehead atoms. The molecule has 5 nitrogen and oxygen atoms in total. The maximum atomic E-state index is 11.3. The van der Waals surface area contributed by atoms with Crippen molar-refractivity contribution in [3.8, 4) is 5.75 Å². The van der Waals surface area contributed by atoms with E-state index in [2.05, 4.69) is 20.7 Å². The van der Waals surface area contributed by atoms with Crippen LogP contribution in [0, 0.1) is 0 Å². The van der Waals surface area contributed by atoms with Crippen LogP contribution in [0.5, 0.6) is 5.75 Å². The topological polar surface area (TPSA) is 58.6 Å². The maximum absolute atomic E-state index is 11.3. The summed E-state index contributed by atoms with van der Waals surface area (Å²) < 4.78 is 32.5. The van der Waals surface area contributed by atoms with Crippen LogP contribution >= 0.6 is 15.9 Å². The zero-order valence-electron chi connectivity index (χ0n) is 9.68. The third kappa shape index (κ3) is 5.03. The minimum absolute atomic E-state index is 0.233. The minimum Gasteiger partial charge on any atom is -0.492 e. The van der Waals surface area contributed by atoms with Gasteiger partial charge in [-0.2, -0.15) is 17.4 Å². The van der Waals surface area contributed by atoms with E-state index < -0.39 is 10.2 Å². The number of ether oxygens (including phenoxy) is 1. The van der Waals surface area contributed by atoms with Crippen molar-refractivity contribution < 1.29 is 13.2 Å². The highest BCUT2D eigenvalue weighted by molar-refractivity contribution is 9.10. The van der Waals surface area contributed by atoms with Gasteiger partial charge in [-0.15, -0.1) is 0 Å². The molecule has 0 aliphatic rings. The third-order valence-electron chi connectivity index (χ3n) is 1.95. The molecular formula is C10H15BrN2O3S. The molecule has 1 aromatic rings. The van der Waals surface area contributed by atoms with Crippen molar-refractivity contribution in [2.24, 2.45) is 0 Å². The summed E-state index contributed by atoms with van der Waals surface area (Å²) in [4.78, 5) is 0. The standard InChI is InChI=1S/C10H15BrN2O3S/c1-13(2)17(14,15)12-7-8-16-10-5-3-9(11)4-6-10/h3-6,12H,7-8H2,1-2H3. The van der Waals surface area contributed by atoms with Crippen LogP contribution in [0.15, 0.2) is 28.7 Å². The quantitative estimate of drug-likeness (QED) is 0.801. The van der Waals surface area contributed by atoms with Crippen molar-refractivity contribution >= 4 is 26.1 Å². The SMILES string of the molecule is CN(C)S(=O)(=O)NCCOc1ccc(Br)cc1. The summed E-state index contributed by atoms with van der Waals surface area (Å²) in [7, 11) is -0.423. The molecular weight excluding hydrogens is 308 g/mol. The molecule has 0 spiro atoms. The molecule has 7 heteroatoms. The lowest BCUT2D eigenvalue weighted by atomic mass is 10.3. The average molecular weight is 323 g/mol. The molecule has 0 amide bonds. The zero-order valence-corrected chi connectivity index (χ0v) is 12.1. The van der Waals surface area contributed by atoms with Gasteiger partial charge in [0.25, 0.3) is 10.2 Å². The lowest BCUT2D eigenvalue weighted by molar-refractivity contribution is 0.321. The lowest BCUT2D eigenvalue weighted by Gasteiger charge is -2.12. The van der Waals surface area contributed by atoms with E-state index in [0.29, 0.717) is 5.75 Å². The van der Waals surface area contributed by atoms with Crippen LogP contribution in [-0.2, 0) is 10.2 Å². The Morgan fingerprint density at radius 3 is 2.41 bits per heavy atom. The lowest BCUT2D eigenvalue weighted by Crippen LogP contribution is -2.37. The van der Waals surface area contributed by atoms with Gasteiger partial charge in [0.05, 0.1) is 0 Å². The molecule has 0 fully saturated rings. The van der Waals surface area contributed by atoms with Gasteiger partial charge in [0, 0.05) is 25.1 Å². The molecule has 0 heterocycles. The number of rotatable bonds is 6. The first-order chi connectivity index (χ1) is 7.92. The fourth-order valence-corrected chi connectivity index (χ4v) is 1.86. The van der Waals surface area contributed by atoms with Gasteiger partial charge in [-0.1, -0.05) is 15.9 Å². The Kier molecular flexibility index (Phi) is 5.38. The van der Waals surface area contributed by atoms with E-state index >= 15 is 0 Å². The molecule has 0 atom stereocenters. The Bertz CT molecular complexity index is 445. The molecule has 1 rings (SSSR count). The van der Waals surface area contributed by atoms with Crippen molar-refractivity contribution in [1.82, 2.24) is 9.03 Å². The predicted molar refractivity (Wildman–Crippen MR) is 70.2 cm³/mol. The summed E-state index contributed by atoms with van der Waals surface area (Å²) in [5.74, 6) is 0.706. The highest BCUT2D eigenvalue weighted by Gasteiger charge is 2.11. The fraction of sp³-hybridized carbons (Fsp3) is 0.400. The van der Waals surface area contributed by atoms with E-state index in [1.807, 2.05) is 24.3 Å². The Morgan fingerprint density at radius 2 is 1.88 bits per heavy atom. The van der Waals surface area contributed by atoms with E-state index in [0.717, 1.165) is 8.78 Å². The molecule has 1 aromatic carbocycles. The molecule has 0 unspecified atom stereocenters. The number of hydrogen-bond donors (Lipinski definition) is 1. The Morgan fingerprint density at radius 1 is 1.29 bits per heavy atom. The number of hydrogen-bond acceptors (Lipinski definition) is 3. The first-order valence-corrected chi connectivity index (χ1v) is 7.20. The van der Waals surface area contributed by atoms with Crippen LogP contribution in [0.1, 0.15) is 0 Å². The summed E-state index contributed by atoms with van der Waals surface area (Å²) in [6, 6.07) is 7.34. The summed E-state index contributed by atoms with van der Waals surface area (Å²) in [5.41, 5.74) is 0. The highest BCUT2D eigenvalue weighted by atomic mass is 79.9. The van der Waals surface area contributed by atoms with E-state index in [1.54, 1.807) is 0 Å². The summed E-state index contributed by atoms with van der Waals surface area (Å²) in [6.07, 6.45) is 0. The molecule has 0 aliphatic heterocycles. The van der Waals surface area contributed by atoms with E-state index in [9.17, 15) is 8.42 Å². The second kappa shape index (κ2) is 6.34. The van der Waals surface area contributed by atoms with Gasteiger partial charge >= 0.3 is 0 Å². The van der Waals surface area contributed by atoms with Crippen molar-refractivity contribution in [2.45, 2.75) is 0 Å². The van der Waals surface area contributed by atoms with Gasteiger partial charge in [0.1, 0.15) is 12.4 Å². The van der Waals surface area contributed by atoms with E-state index in [-0.39, 0.29) is 13.2 Å². The van der Waals surface area contributed by atoms with Gasteiger partial charge < -0.3 is 4.74 Å². The van der Waals surface area contributed by atoms with Crippen LogP contribution < -0.4 is 9.46 Å². The normalized spacial score (nSPS) is 11.8. The fourth-order valence-electron chi connectivity index (χ4n) is 0.999. The zero-order chi connectivity index (χ0) is 12.9. The first kappa shape index (κ1) is 14.4. The molecule has 0 radical (unpaired) electrons. The van der Waals surface area contributed by atoms with Gasteiger partial charge in [-0.3, -0.25) is 0 Å².